The van der Waals surface area contributed by atoms with Gasteiger partial charge in [0.2, 0.25) is 0 Å². The number of amides is 1. The maximum atomic E-state index is 12.0. The molecule has 1 N–H and O–H groups in total. The van der Waals surface area contributed by atoms with E-state index in [1.807, 2.05) is 6.92 Å². The van der Waals surface area contributed by atoms with Gasteiger partial charge < -0.3 is 14.8 Å². The van der Waals surface area contributed by atoms with Gasteiger partial charge in [0.05, 0.1) is 12.6 Å². The molecule has 0 aliphatic heterocycles. The zero-order chi connectivity index (χ0) is 14.3. The first-order chi connectivity index (χ1) is 9.06. The molecule has 1 aromatic rings. The molecule has 1 aromatic carbocycles. The van der Waals surface area contributed by atoms with Crippen molar-refractivity contribution in [2.24, 2.45) is 0 Å². The van der Waals surface area contributed by atoms with Gasteiger partial charge in [0.15, 0.2) is 0 Å². The summed E-state index contributed by atoms with van der Waals surface area (Å²) < 4.78 is 33.1. The number of hydrogen-bond acceptors (Lipinski definition) is 3. The molecule has 19 heavy (non-hydrogen) atoms. The lowest BCUT2D eigenvalue weighted by Crippen LogP contribution is -2.37. The van der Waals surface area contributed by atoms with E-state index in [1.54, 1.807) is 7.11 Å². The molecule has 0 saturated carbocycles. The number of carbonyl (C=O) groups excluding carboxylic acids is 1. The Morgan fingerprint density at radius 2 is 1.95 bits per heavy atom. The predicted molar refractivity (Wildman–Crippen MR) is 66.5 cm³/mol. The SMILES string of the molecule is CCC(COC)NC(=O)c1ccc(OC(F)F)cc1. The van der Waals surface area contributed by atoms with Crippen molar-refractivity contribution in [1.82, 2.24) is 5.32 Å². The molecule has 6 heteroatoms. The molecule has 1 atom stereocenters. The van der Waals surface area contributed by atoms with E-state index >= 15 is 0 Å². The van der Waals surface area contributed by atoms with Crippen LogP contribution >= 0.6 is 0 Å². The molecule has 1 amide bonds. The fourth-order valence-electron chi connectivity index (χ4n) is 1.52. The highest BCUT2D eigenvalue weighted by atomic mass is 19.3. The van der Waals surface area contributed by atoms with Crippen LogP contribution in [-0.2, 0) is 4.74 Å². The number of benzene rings is 1. The Morgan fingerprint density at radius 1 is 1.32 bits per heavy atom. The molecule has 0 saturated heterocycles. The third kappa shape index (κ3) is 5.21. The van der Waals surface area contributed by atoms with Crippen LogP contribution in [0.25, 0.3) is 0 Å². The second-order valence-corrected chi connectivity index (χ2v) is 3.94. The van der Waals surface area contributed by atoms with Crippen molar-refractivity contribution in [3.63, 3.8) is 0 Å². The number of halogens is 2. The van der Waals surface area contributed by atoms with E-state index in [-0.39, 0.29) is 17.7 Å². The van der Waals surface area contributed by atoms with Crippen molar-refractivity contribution >= 4 is 5.91 Å². The second-order valence-electron chi connectivity index (χ2n) is 3.94. The van der Waals surface area contributed by atoms with E-state index in [0.29, 0.717) is 12.2 Å². The topological polar surface area (TPSA) is 47.6 Å². The monoisotopic (exact) mass is 273 g/mol. The van der Waals surface area contributed by atoms with Crippen molar-refractivity contribution in [2.75, 3.05) is 13.7 Å². The molecule has 0 spiro atoms. The van der Waals surface area contributed by atoms with Gasteiger partial charge in [0.25, 0.3) is 5.91 Å². The molecular weight excluding hydrogens is 256 g/mol. The summed E-state index contributed by atoms with van der Waals surface area (Å²) in [4.78, 5) is 11.9. The third-order valence-electron chi connectivity index (χ3n) is 2.54. The van der Waals surface area contributed by atoms with Gasteiger partial charge in [0, 0.05) is 12.7 Å². The fraction of sp³-hybridized carbons (Fsp3) is 0.462. The van der Waals surface area contributed by atoms with Gasteiger partial charge in [-0.1, -0.05) is 6.92 Å². The molecule has 0 heterocycles. The zero-order valence-corrected chi connectivity index (χ0v) is 10.9. The summed E-state index contributed by atoms with van der Waals surface area (Å²) in [6.07, 6.45) is 0.742. The second kappa shape index (κ2) is 7.68. The molecule has 0 radical (unpaired) electrons. The van der Waals surface area contributed by atoms with Gasteiger partial charge >= 0.3 is 6.61 Å². The minimum Gasteiger partial charge on any atom is -0.435 e. The number of nitrogens with one attached hydrogen (secondary N) is 1. The first-order valence-electron chi connectivity index (χ1n) is 5.91. The smallest absolute Gasteiger partial charge is 0.387 e. The molecule has 0 bridgehead atoms. The van der Waals surface area contributed by atoms with Crippen LogP contribution in [0.15, 0.2) is 24.3 Å². The normalized spacial score (nSPS) is 12.3. The van der Waals surface area contributed by atoms with E-state index in [4.69, 9.17) is 4.74 Å². The Bertz CT molecular complexity index is 395. The van der Waals surface area contributed by atoms with Crippen molar-refractivity contribution in [3.05, 3.63) is 29.8 Å². The van der Waals surface area contributed by atoms with Crippen molar-refractivity contribution in [3.8, 4) is 5.75 Å². The molecule has 0 fully saturated rings. The molecule has 0 aromatic heterocycles. The number of rotatable bonds is 7. The summed E-state index contributed by atoms with van der Waals surface area (Å²) in [6, 6.07) is 5.46. The van der Waals surface area contributed by atoms with E-state index in [0.717, 1.165) is 6.42 Å². The van der Waals surface area contributed by atoms with Gasteiger partial charge in [-0.2, -0.15) is 8.78 Å². The predicted octanol–water partition coefficient (Wildman–Crippen LogP) is 2.44. The lowest BCUT2D eigenvalue weighted by molar-refractivity contribution is -0.0498. The number of methoxy groups -OCH3 is 1. The van der Waals surface area contributed by atoms with Gasteiger partial charge in [0.1, 0.15) is 5.75 Å². The highest BCUT2D eigenvalue weighted by Crippen LogP contribution is 2.15. The van der Waals surface area contributed by atoms with Crippen molar-refractivity contribution in [2.45, 2.75) is 26.0 Å². The molecule has 4 nitrogen and oxygen atoms in total. The summed E-state index contributed by atoms with van der Waals surface area (Å²) in [7, 11) is 1.56. The Kier molecular flexibility index (Phi) is 6.21. The standard InChI is InChI=1S/C13H17F2NO3/c1-3-10(8-18-2)16-12(17)9-4-6-11(7-5-9)19-13(14)15/h4-7,10,13H,3,8H2,1-2H3,(H,16,17). The van der Waals surface area contributed by atoms with Gasteiger partial charge in [-0.25, -0.2) is 0 Å². The summed E-state index contributed by atoms with van der Waals surface area (Å²) in [5, 5.41) is 2.79. The van der Waals surface area contributed by atoms with Crippen molar-refractivity contribution < 1.29 is 23.0 Å². The van der Waals surface area contributed by atoms with E-state index < -0.39 is 6.61 Å². The van der Waals surface area contributed by atoms with Crippen LogP contribution < -0.4 is 10.1 Å². The Labute approximate surface area is 110 Å². The summed E-state index contributed by atoms with van der Waals surface area (Å²) in [6.45, 7) is -0.510. The maximum Gasteiger partial charge on any atom is 0.387 e. The van der Waals surface area contributed by atoms with Gasteiger partial charge in [-0.15, -0.1) is 0 Å². The largest absolute Gasteiger partial charge is 0.435 e. The highest BCUT2D eigenvalue weighted by Gasteiger charge is 2.12. The van der Waals surface area contributed by atoms with Crippen LogP contribution in [0.1, 0.15) is 23.7 Å². The molecule has 106 valence electrons. The molecule has 1 rings (SSSR count). The molecule has 0 aliphatic rings. The quantitative estimate of drug-likeness (QED) is 0.830. The van der Waals surface area contributed by atoms with Crippen molar-refractivity contribution in [1.29, 1.82) is 0 Å². The Balaban J connectivity index is 2.62. The van der Waals surface area contributed by atoms with Crippen LogP contribution in [0, 0.1) is 0 Å². The minimum atomic E-state index is -2.87. The van der Waals surface area contributed by atoms with E-state index in [2.05, 4.69) is 10.1 Å². The van der Waals surface area contributed by atoms with Gasteiger partial charge in [-0.05, 0) is 30.7 Å². The van der Waals surface area contributed by atoms with E-state index in [1.165, 1.54) is 24.3 Å². The van der Waals surface area contributed by atoms with Gasteiger partial charge in [-0.3, -0.25) is 4.79 Å². The number of alkyl halides is 2. The molecular formula is C13H17F2NO3. The first kappa shape index (κ1) is 15.4. The molecule has 1 unspecified atom stereocenters. The highest BCUT2D eigenvalue weighted by molar-refractivity contribution is 5.94. The maximum absolute atomic E-state index is 12.0. The zero-order valence-electron chi connectivity index (χ0n) is 10.9. The fourth-order valence-corrected chi connectivity index (χ4v) is 1.52. The average molecular weight is 273 g/mol. The first-order valence-corrected chi connectivity index (χ1v) is 5.91. The summed E-state index contributed by atoms with van der Waals surface area (Å²) in [5.41, 5.74) is 0.385. The number of carbonyl (C=O) groups is 1. The Hall–Kier alpha value is -1.69. The number of ether oxygens (including phenoxy) is 2. The van der Waals surface area contributed by atoms with E-state index in [9.17, 15) is 13.6 Å². The van der Waals surface area contributed by atoms with Crippen LogP contribution in [-0.4, -0.2) is 32.3 Å². The van der Waals surface area contributed by atoms with Crippen LogP contribution in [0.5, 0.6) is 5.75 Å². The average Bonchev–Trinajstić information content (AvgIpc) is 2.38. The lowest BCUT2D eigenvalue weighted by atomic mass is 10.1. The summed E-state index contributed by atoms with van der Waals surface area (Å²) in [5.74, 6) is -0.247. The lowest BCUT2D eigenvalue weighted by Gasteiger charge is -2.16. The Morgan fingerprint density at radius 3 is 2.42 bits per heavy atom. The van der Waals surface area contributed by atoms with Crippen LogP contribution in [0.4, 0.5) is 8.78 Å². The van der Waals surface area contributed by atoms with Crippen LogP contribution in [0.2, 0.25) is 0 Å². The molecule has 0 aliphatic carbocycles. The third-order valence-corrected chi connectivity index (χ3v) is 2.54. The van der Waals surface area contributed by atoms with Crippen LogP contribution in [0.3, 0.4) is 0 Å². The summed E-state index contributed by atoms with van der Waals surface area (Å²) >= 11 is 0. The minimum absolute atomic E-state index is 0.0236. The number of hydrogen-bond donors (Lipinski definition) is 1.